The third kappa shape index (κ3) is 2.67. The number of rotatable bonds is 2. The van der Waals surface area contributed by atoms with Crippen molar-refractivity contribution in [3.63, 3.8) is 0 Å². The second-order valence-corrected chi connectivity index (χ2v) is 4.38. The molecule has 0 saturated carbocycles. The monoisotopic (exact) mass is 236 g/mol. The normalized spacial score (nSPS) is 22.5. The molecule has 92 valence electrons. The molecule has 0 spiro atoms. The van der Waals surface area contributed by atoms with Crippen molar-refractivity contribution in [2.75, 3.05) is 6.54 Å². The van der Waals surface area contributed by atoms with E-state index in [0.29, 0.717) is 6.54 Å². The van der Waals surface area contributed by atoms with Crippen LogP contribution in [0.2, 0.25) is 0 Å². The van der Waals surface area contributed by atoms with Gasteiger partial charge >= 0.3 is 6.09 Å². The fraction of sp³-hybridized carbons (Fsp3) is 0.500. The van der Waals surface area contributed by atoms with E-state index in [1.54, 1.807) is 0 Å². The molecule has 1 aromatic rings. The Morgan fingerprint density at radius 1 is 1.65 bits per heavy atom. The first-order valence-electron chi connectivity index (χ1n) is 5.67. The maximum atomic E-state index is 10.5. The highest BCUT2D eigenvalue weighted by molar-refractivity contribution is 5.64. The van der Waals surface area contributed by atoms with Gasteiger partial charge in [0.2, 0.25) is 0 Å². The SMILES string of the molecule is Cc1ccc2c(n1)[C@H](CNC(=O)O)C[C@@H](C)O2. The molecule has 1 aliphatic rings. The van der Waals surface area contributed by atoms with Crippen LogP contribution in [-0.2, 0) is 0 Å². The average Bonchev–Trinajstić information content (AvgIpc) is 2.26. The molecule has 1 aromatic heterocycles. The summed E-state index contributed by atoms with van der Waals surface area (Å²) >= 11 is 0. The zero-order valence-corrected chi connectivity index (χ0v) is 9.93. The molecule has 0 aliphatic carbocycles. The van der Waals surface area contributed by atoms with Gasteiger partial charge in [0.1, 0.15) is 5.75 Å². The smallest absolute Gasteiger partial charge is 0.404 e. The summed E-state index contributed by atoms with van der Waals surface area (Å²) in [6.45, 7) is 4.28. The summed E-state index contributed by atoms with van der Waals surface area (Å²) in [5, 5.41) is 11.1. The number of hydrogen-bond acceptors (Lipinski definition) is 3. The van der Waals surface area contributed by atoms with E-state index in [2.05, 4.69) is 10.3 Å². The number of aryl methyl sites for hydroxylation is 1. The number of aromatic nitrogens is 1. The lowest BCUT2D eigenvalue weighted by Gasteiger charge is -2.29. The molecule has 5 nitrogen and oxygen atoms in total. The first-order chi connectivity index (χ1) is 8.06. The molecule has 2 N–H and O–H groups in total. The van der Waals surface area contributed by atoms with Crippen molar-refractivity contribution < 1.29 is 14.6 Å². The van der Waals surface area contributed by atoms with Crippen molar-refractivity contribution in [2.24, 2.45) is 0 Å². The summed E-state index contributed by atoms with van der Waals surface area (Å²) in [4.78, 5) is 15.0. The molecule has 0 saturated heterocycles. The summed E-state index contributed by atoms with van der Waals surface area (Å²) in [7, 11) is 0. The van der Waals surface area contributed by atoms with Gasteiger partial charge in [0.25, 0.3) is 0 Å². The summed E-state index contributed by atoms with van der Waals surface area (Å²) in [6.07, 6.45) is -0.130. The van der Waals surface area contributed by atoms with Crippen LogP contribution in [0.1, 0.15) is 30.7 Å². The van der Waals surface area contributed by atoms with Gasteiger partial charge in [-0.05, 0) is 32.4 Å². The molecule has 0 unspecified atom stereocenters. The van der Waals surface area contributed by atoms with Gasteiger partial charge in [0, 0.05) is 18.2 Å². The molecule has 5 heteroatoms. The molecule has 2 atom stereocenters. The Morgan fingerprint density at radius 2 is 2.41 bits per heavy atom. The highest BCUT2D eigenvalue weighted by Crippen LogP contribution is 2.34. The molecule has 2 heterocycles. The number of ether oxygens (including phenoxy) is 1. The number of nitrogens with zero attached hydrogens (tertiary/aromatic N) is 1. The quantitative estimate of drug-likeness (QED) is 0.822. The van der Waals surface area contributed by atoms with Crippen molar-refractivity contribution in [3.8, 4) is 5.75 Å². The van der Waals surface area contributed by atoms with Crippen LogP contribution in [0.4, 0.5) is 4.79 Å². The van der Waals surface area contributed by atoms with Gasteiger partial charge in [-0.25, -0.2) is 4.79 Å². The standard InChI is InChI=1S/C12H16N2O3/c1-7-3-4-10-11(14-7)9(5-8(2)17-10)6-13-12(15)16/h3-4,8-9,13H,5-6H2,1-2H3,(H,15,16)/t8-,9+/m1/s1. The second kappa shape index (κ2) is 4.61. The van der Waals surface area contributed by atoms with E-state index in [9.17, 15) is 4.79 Å². The Bertz CT molecular complexity index is 434. The Labute approximate surface area is 99.8 Å². The first kappa shape index (κ1) is 11.7. The molecule has 0 bridgehead atoms. The molecular formula is C12H16N2O3. The topological polar surface area (TPSA) is 71.5 Å². The van der Waals surface area contributed by atoms with Gasteiger partial charge in [0.05, 0.1) is 11.8 Å². The molecule has 0 fully saturated rings. The van der Waals surface area contributed by atoms with E-state index in [-0.39, 0.29) is 12.0 Å². The second-order valence-electron chi connectivity index (χ2n) is 4.38. The summed E-state index contributed by atoms with van der Waals surface area (Å²) in [6, 6.07) is 3.81. The van der Waals surface area contributed by atoms with Crippen LogP contribution in [-0.4, -0.2) is 28.8 Å². The van der Waals surface area contributed by atoms with Gasteiger partial charge in [-0.2, -0.15) is 0 Å². The Balaban J connectivity index is 2.23. The fourth-order valence-electron chi connectivity index (χ4n) is 2.12. The lowest BCUT2D eigenvalue weighted by Crippen LogP contribution is -2.32. The molecule has 0 aromatic carbocycles. The third-order valence-corrected chi connectivity index (χ3v) is 2.86. The maximum absolute atomic E-state index is 10.5. The van der Waals surface area contributed by atoms with Crippen LogP contribution < -0.4 is 10.1 Å². The van der Waals surface area contributed by atoms with Gasteiger partial charge in [0.15, 0.2) is 0 Å². The van der Waals surface area contributed by atoms with E-state index >= 15 is 0 Å². The van der Waals surface area contributed by atoms with E-state index in [1.807, 2.05) is 26.0 Å². The van der Waals surface area contributed by atoms with Crippen molar-refractivity contribution in [3.05, 3.63) is 23.5 Å². The number of amides is 1. The number of nitrogens with one attached hydrogen (secondary N) is 1. The lowest BCUT2D eigenvalue weighted by molar-refractivity contribution is 0.166. The molecule has 1 amide bonds. The maximum Gasteiger partial charge on any atom is 0.404 e. The fourth-order valence-corrected chi connectivity index (χ4v) is 2.12. The average molecular weight is 236 g/mol. The number of carboxylic acid groups (broad SMARTS) is 1. The van der Waals surface area contributed by atoms with Crippen molar-refractivity contribution in [2.45, 2.75) is 32.3 Å². The van der Waals surface area contributed by atoms with Crippen molar-refractivity contribution in [1.82, 2.24) is 10.3 Å². The van der Waals surface area contributed by atoms with Crippen molar-refractivity contribution in [1.29, 1.82) is 0 Å². The third-order valence-electron chi connectivity index (χ3n) is 2.86. The first-order valence-corrected chi connectivity index (χ1v) is 5.67. The van der Waals surface area contributed by atoms with E-state index in [0.717, 1.165) is 23.6 Å². The van der Waals surface area contributed by atoms with E-state index in [1.165, 1.54) is 0 Å². The molecule has 1 aliphatic heterocycles. The number of carbonyl (C=O) groups is 1. The van der Waals surface area contributed by atoms with Crippen LogP contribution in [0, 0.1) is 6.92 Å². The van der Waals surface area contributed by atoms with Crippen molar-refractivity contribution >= 4 is 6.09 Å². The molecule has 17 heavy (non-hydrogen) atoms. The number of hydrogen-bond donors (Lipinski definition) is 2. The van der Waals surface area contributed by atoms with Crippen LogP contribution in [0.15, 0.2) is 12.1 Å². The molecule has 2 rings (SSSR count). The van der Waals surface area contributed by atoms with Crippen LogP contribution in [0.5, 0.6) is 5.75 Å². The number of pyridine rings is 1. The predicted molar refractivity (Wildman–Crippen MR) is 62.4 cm³/mol. The number of fused-ring (bicyclic) bond motifs is 1. The Hall–Kier alpha value is -1.78. The lowest BCUT2D eigenvalue weighted by atomic mass is 9.94. The molecule has 0 radical (unpaired) electrons. The summed E-state index contributed by atoms with van der Waals surface area (Å²) < 4.78 is 5.69. The van der Waals surface area contributed by atoms with Crippen LogP contribution >= 0.6 is 0 Å². The zero-order valence-electron chi connectivity index (χ0n) is 9.93. The Morgan fingerprint density at radius 3 is 3.12 bits per heavy atom. The van der Waals surface area contributed by atoms with Crippen LogP contribution in [0.3, 0.4) is 0 Å². The predicted octanol–water partition coefficient (Wildman–Crippen LogP) is 1.91. The summed E-state index contributed by atoms with van der Waals surface area (Å²) in [5.74, 6) is 0.858. The highest BCUT2D eigenvalue weighted by Gasteiger charge is 2.27. The highest BCUT2D eigenvalue weighted by atomic mass is 16.5. The van der Waals surface area contributed by atoms with Gasteiger partial charge in [-0.1, -0.05) is 0 Å². The van der Waals surface area contributed by atoms with Gasteiger partial charge in [-0.3, -0.25) is 4.98 Å². The van der Waals surface area contributed by atoms with E-state index < -0.39 is 6.09 Å². The summed E-state index contributed by atoms with van der Waals surface area (Å²) in [5.41, 5.74) is 1.78. The van der Waals surface area contributed by atoms with Gasteiger partial charge < -0.3 is 15.2 Å². The van der Waals surface area contributed by atoms with Gasteiger partial charge in [-0.15, -0.1) is 0 Å². The Kier molecular flexibility index (Phi) is 3.17. The molecular weight excluding hydrogens is 220 g/mol. The minimum absolute atomic E-state index is 0.0877. The van der Waals surface area contributed by atoms with Crippen LogP contribution in [0.25, 0.3) is 0 Å². The minimum atomic E-state index is -1.00. The minimum Gasteiger partial charge on any atom is -0.489 e. The zero-order chi connectivity index (χ0) is 12.4. The largest absolute Gasteiger partial charge is 0.489 e. The van der Waals surface area contributed by atoms with E-state index in [4.69, 9.17) is 9.84 Å².